The maximum Gasteiger partial charge on any atom is 0.265 e. The molecule has 6 heteroatoms. The Balaban J connectivity index is 2.14. The maximum atomic E-state index is 11.8. The first kappa shape index (κ1) is 13.6. The summed E-state index contributed by atoms with van der Waals surface area (Å²) in [6.07, 6.45) is 1.79. The number of hydrogen-bond acceptors (Lipinski definition) is 5. The van der Waals surface area contributed by atoms with Crippen LogP contribution in [0.2, 0.25) is 0 Å². The van der Waals surface area contributed by atoms with Gasteiger partial charge in [0.15, 0.2) is 6.61 Å². The van der Waals surface area contributed by atoms with Gasteiger partial charge in [-0.05, 0) is 23.8 Å². The first-order valence-electron chi connectivity index (χ1n) is 5.43. The number of ether oxygens (including phenoxy) is 1. The number of amides is 1. The fourth-order valence-corrected chi connectivity index (χ4v) is 2.65. The van der Waals surface area contributed by atoms with Gasteiger partial charge in [-0.3, -0.25) is 9.69 Å². The number of carbonyl (C=O) groups is 1. The second-order valence-corrected chi connectivity index (χ2v) is 5.43. The molecule has 0 aromatic heterocycles. The fraction of sp³-hybridized carbons (Fsp3) is 0.154. The number of nitriles is 1. The van der Waals surface area contributed by atoms with Crippen molar-refractivity contribution in [1.82, 2.24) is 4.90 Å². The Labute approximate surface area is 120 Å². The van der Waals surface area contributed by atoms with Crippen LogP contribution in [0.1, 0.15) is 5.56 Å². The van der Waals surface area contributed by atoms with Gasteiger partial charge in [0.05, 0.1) is 4.91 Å². The van der Waals surface area contributed by atoms with Gasteiger partial charge >= 0.3 is 0 Å². The lowest BCUT2D eigenvalue weighted by Crippen LogP contribution is -2.22. The summed E-state index contributed by atoms with van der Waals surface area (Å²) in [7, 11) is 1.66. The van der Waals surface area contributed by atoms with E-state index in [2.05, 4.69) is 0 Å². The monoisotopic (exact) mass is 290 g/mol. The van der Waals surface area contributed by atoms with Crippen LogP contribution in [-0.4, -0.2) is 28.8 Å². The minimum atomic E-state index is -0.0835. The molecule has 96 valence electrons. The molecule has 2 rings (SSSR count). The van der Waals surface area contributed by atoms with E-state index in [1.165, 1.54) is 16.7 Å². The Morgan fingerprint density at radius 3 is 2.68 bits per heavy atom. The molecule has 1 saturated heterocycles. The lowest BCUT2D eigenvalue weighted by molar-refractivity contribution is -0.121. The van der Waals surface area contributed by atoms with E-state index in [1.807, 2.05) is 18.2 Å². The highest BCUT2D eigenvalue weighted by Gasteiger charge is 2.28. The van der Waals surface area contributed by atoms with Gasteiger partial charge in [-0.15, -0.1) is 0 Å². The third-order valence-electron chi connectivity index (χ3n) is 2.47. The highest BCUT2D eigenvalue weighted by Crippen LogP contribution is 2.31. The first-order valence-corrected chi connectivity index (χ1v) is 6.65. The third kappa shape index (κ3) is 3.13. The van der Waals surface area contributed by atoms with Crippen molar-refractivity contribution in [3.05, 3.63) is 34.7 Å². The number of carbonyl (C=O) groups excluding carboxylic acids is 1. The minimum absolute atomic E-state index is 0.0217. The summed E-state index contributed by atoms with van der Waals surface area (Å²) in [6.45, 7) is 0.0217. The van der Waals surface area contributed by atoms with E-state index in [-0.39, 0.29) is 12.5 Å². The molecule has 0 saturated carbocycles. The topological polar surface area (TPSA) is 53.3 Å². The van der Waals surface area contributed by atoms with Gasteiger partial charge in [-0.1, -0.05) is 36.1 Å². The lowest BCUT2D eigenvalue weighted by Gasteiger charge is -2.03. The smallest absolute Gasteiger partial charge is 0.265 e. The van der Waals surface area contributed by atoms with E-state index in [1.54, 1.807) is 25.3 Å². The zero-order valence-corrected chi connectivity index (χ0v) is 11.8. The van der Waals surface area contributed by atoms with E-state index >= 15 is 0 Å². The molecule has 0 unspecified atom stereocenters. The normalized spacial score (nSPS) is 16.8. The summed E-state index contributed by atoms with van der Waals surface area (Å²) in [5.74, 6) is 0.543. The van der Waals surface area contributed by atoms with Crippen molar-refractivity contribution in [2.75, 3.05) is 13.7 Å². The van der Waals surface area contributed by atoms with Crippen molar-refractivity contribution in [3.63, 3.8) is 0 Å². The Kier molecular flexibility index (Phi) is 4.20. The van der Waals surface area contributed by atoms with E-state index in [9.17, 15) is 4.79 Å². The van der Waals surface area contributed by atoms with Crippen LogP contribution >= 0.6 is 24.0 Å². The molecule has 0 bridgehead atoms. The van der Waals surface area contributed by atoms with Crippen LogP contribution in [0.25, 0.3) is 6.08 Å². The van der Waals surface area contributed by atoms with Gasteiger partial charge in [0.2, 0.25) is 0 Å². The van der Waals surface area contributed by atoms with Crippen molar-refractivity contribution in [1.29, 1.82) is 5.26 Å². The predicted octanol–water partition coefficient (Wildman–Crippen LogP) is 2.42. The van der Waals surface area contributed by atoms with Gasteiger partial charge in [0, 0.05) is 7.05 Å². The summed E-state index contributed by atoms with van der Waals surface area (Å²) >= 11 is 6.35. The van der Waals surface area contributed by atoms with E-state index < -0.39 is 0 Å². The minimum Gasteiger partial charge on any atom is -0.479 e. The number of thiocarbonyl (C=S) groups is 1. The molecule has 19 heavy (non-hydrogen) atoms. The molecule has 1 aromatic carbocycles. The Hall–Kier alpha value is -1.84. The van der Waals surface area contributed by atoms with Crippen LogP contribution in [-0.2, 0) is 4.79 Å². The Morgan fingerprint density at radius 2 is 2.16 bits per heavy atom. The first-order chi connectivity index (χ1) is 9.11. The summed E-state index contributed by atoms with van der Waals surface area (Å²) in [5, 5.41) is 8.41. The largest absolute Gasteiger partial charge is 0.479 e. The molecule has 0 aliphatic carbocycles. The lowest BCUT2D eigenvalue weighted by atomic mass is 10.2. The Bertz CT molecular complexity index is 588. The van der Waals surface area contributed by atoms with Gasteiger partial charge < -0.3 is 4.74 Å². The fourth-order valence-electron chi connectivity index (χ4n) is 1.47. The molecule has 1 aromatic rings. The van der Waals surface area contributed by atoms with E-state index in [0.29, 0.717) is 15.0 Å². The molecule has 0 N–H and O–H groups in total. The predicted molar refractivity (Wildman–Crippen MR) is 78.5 cm³/mol. The van der Waals surface area contributed by atoms with Gasteiger partial charge in [0.1, 0.15) is 16.1 Å². The van der Waals surface area contributed by atoms with Crippen molar-refractivity contribution in [2.24, 2.45) is 0 Å². The zero-order valence-electron chi connectivity index (χ0n) is 10.1. The van der Waals surface area contributed by atoms with Crippen molar-refractivity contribution in [3.8, 4) is 11.8 Å². The molecule has 1 heterocycles. The van der Waals surface area contributed by atoms with Crippen molar-refractivity contribution < 1.29 is 9.53 Å². The number of likely N-dealkylation sites (N-methyl/N-ethyl adjacent to an activating group) is 1. The second-order valence-electron chi connectivity index (χ2n) is 3.76. The summed E-state index contributed by atoms with van der Waals surface area (Å²) in [6, 6.07) is 9.08. The average molecular weight is 290 g/mol. The van der Waals surface area contributed by atoms with Gasteiger partial charge in [-0.25, -0.2) is 0 Å². The molecule has 0 atom stereocenters. The SMILES string of the molecule is CN1C(=O)/C(=C\c2ccc(OCC#N)cc2)SC1=S. The summed E-state index contributed by atoms with van der Waals surface area (Å²) in [5.41, 5.74) is 0.887. The molecular formula is C13H10N2O2S2. The molecule has 1 aliphatic heterocycles. The van der Waals surface area contributed by atoms with Gasteiger partial charge in [0.25, 0.3) is 5.91 Å². The summed E-state index contributed by atoms with van der Waals surface area (Å²) in [4.78, 5) is 13.9. The molecular weight excluding hydrogens is 280 g/mol. The number of benzene rings is 1. The van der Waals surface area contributed by atoms with Crippen LogP contribution in [0.4, 0.5) is 0 Å². The van der Waals surface area contributed by atoms with E-state index in [4.69, 9.17) is 22.2 Å². The van der Waals surface area contributed by atoms with Gasteiger partial charge in [-0.2, -0.15) is 5.26 Å². The molecule has 0 spiro atoms. The van der Waals surface area contributed by atoms with Crippen molar-refractivity contribution >= 4 is 40.3 Å². The third-order valence-corrected chi connectivity index (χ3v) is 3.95. The van der Waals surface area contributed by atoms with Crippen LogP contribution in [0, 0.1) is 11.3 Å². The molecule has 1 fully saturated rings. The standard InChI is InChI=1S/C13H10N2O2S2/c1-15-12(16)11(19-13(15)18)8-9-2-4-10(5-3-9)17-7-6-14/h2-5,8H,7H2,1H3/b11-8+. The van der Waals surface area contributed by atoms with Crippen LogP contribution in [0.5, 0.6) is 5.75 Å². The second kappa shape index (κ2) is 5.87. The molecule has 1 amide bonds. The molecule has 0 radical (unpaired) electrons. The maximum absolute atomic E-state index is 11.8. The number of hydrogen-bond donors (Lipinski definition) is 0. The number of thioether (sulfide) groups is 1. The molecule has 1 aliphatic rings. The van der Waals surface area contributed by atoms with E-state index in [0.717, 1.165) is 5.56 Å². The zero-order chi connectivity index (χ0) is 13.8. The summed E-state index contributed by atoms with van der Waals surface area (Å²) < 4.78 is 5.71. The van der Waals surface area contributed by atoms with Crippen LogP contribution < -0.4 is 4.74 Å². The Morgan fingerprint density at radius 1 is 1.47 bits per heavy atom. The molecule has 4 nitrogen and oxygen atoms in total. The van der Waals surface area contributed by atoms with Crippen LogP contribution in [0.15, 0.2) is 29.2 Å². The highest BCUT2D eigenvalue weighted by atomic mass is 32.2. The highest BCUT2D eigenvalue weighted by molar-refractivity contribution is 8.26. The van der Waals surface area contributed by atoms with Crippen molar-refractivity contribution in [2.45, 2.75) is 0 Å². The number of rotatable bonds is 3. The number of nitrogens with zero attached hydrogens (tertiary/aromatic N) is 2. The average Bonchev–Trinajstić information content (AvgIpc) is 2.66. The van der Waals surface area contributed by atoms with Crippen LogP contribution in [0.3, 0.4) is 0 Å². The quantitative estimate of drug-likeness (QED) is 0.632.